The van der Waals surface area contributed by atoms with Crippen molar-refractivity contribution in [1.82, 2.24) is 15.5 Å². The van der Waals surface area contributed by atoms with Crippen molar-refractivity contribution >= 4 is 0 Å². The molecule has 0 aromatic carbocycles. The zero-order chi connectivity index (χ0) is 9.73. The monoisotopic (exact) mass is 191 g/mol. The van der Waals surface area contributed by atoms with Gasteiger partial charge in [0, 0.05) is 19.2 Å². The molecule has 0 aliphatic carbocycles. The van der Waals surface area contributed by atoms with Crippen LogP contribution in [-0.4, -0.2) is 23.0 Å². The normalized spacial score (nSPS) is 11.6. The number of aromatic nitrogens is 2. The molecule has 0 saturated heterocycles. The lowest BCUT2D eigenvalue weighted by Crippen LogP contribution is -2.33. The summed E-state index contributed by atoms with van der Waals surface area (Å²) in [6, 6.07) is 3.26. The summed E-state index contributed by atoms with van der Waals surface area (Å²) >= 11 is 0. The molecule has 0 bridgehead atoms. The molecule has 0 spiro atoms. The van der Waals surface area contributed by atoms with E-state index in [1.807, 2.05) is 0 Å². The molecule has 6 heteroatoms. The molecule has 1 aromatic heterocycles. The first-order valence-electron chi connectivity index (χ1n) is 3.66. The summed E-state index contributed by atoms with van der Waals surface area (Å²) in [4.78, 5) is 0. The third-order valence-electron chi connectivity index (χ3n) is 1.33. The highest BCUT2D eigenvalue weighted by molar-refractivity contribution is 4.99. The number of hydrogen-bond acceptors (Lipinski definition) is 3. The van der Waals surface area contributed by atoms with Crippen molar-refractivity contribution in [3.05, 3.63) is 24.0 Å². The first-order chi connectivity index (χ1) is 6.08. The summed E-state index contributed by atoms with van der Waals surface area (Å²) in [5.41, 5.74) is 0.541. The van der Waals surface area contributed by atoms with E-state index in [2.05, 4.69) is 10.2 Å². The highest BCUT2D eigenvalue weighted by Crippen LogP contribution is 2.08. The van der Waals surface area contributed by atoms with Crippen LogP contribution < -0.4 is 5.32 Å². The molecular weight excluding hydrogens is 183 g/mol. The Morgan fingerprint density at radius 2 is 2.15 bits per heavy atom. The van der Waals surface area contributed by atoms with E-state index in [1.165, 1.54) is 11.5 Å². The summed E-state index contributed by atoms with van der Waals surface area (Å²) in [5, 5.41) is 8.58. The van der Waals surface area contributed by atoms with Gasteiger partial charge in [0.15, 0.2) is 0 Å². The van der Waals surface area contributed by atoms with Gasteiger partial charge in [-0.05, 0) is 12.1 Å². The van der Waals surface area contributed by atoms with Crippen LogP contribution in [-0.2, 0) is 6.42 Å². The predicted octanol–water partition coefficient (Wildman–Crippen LogP) is 1.13. The summed E-state index contributed by atoms with van der Waals surface area (Å²) in [7, 11) is 0. The largest absolute Gasteiger partial charge is 0.457 e. The number of hydrogen-bond donors (Lipinski definition) is 1. The maximum Gasteiger partial charge on any atom is 0.457 e. The average Bonchev–Trinajstić information content (AvgIpc) is 2.04. The number of halogens is 3. The van der Waals surface area contributed by atoms with Crippen LogP contribution in [0.1, 0.15) is 5.69 Å². The summed E-state index contributed by atoms with van der Waals surface area (Å²) < 4.78 is 34.8. The van der Waals surface area contributed by atoms with Crippen molar-refractivity contribution < 1.29 is 13.2 Å². The number of alkyl halides is 3. The van der Waals surface area contributed by atoms with Crippen LogP contribution >= 0.6 is 0 Å². The Bertz CT molecular complexity index is 247. The number of nitrogens with zero attached hydrogens (tertiary/aromatic N) is 2. The molecule has 1 rings (SSSR count). The zero-order valence-corrected chi connectivity index (χ0v) is 6.67. The lowest BCUT2D eigenvalue weighted by molar-refractivity contribution is -0.156. The van der Waals surface area contributed by atoms with Crippen LogP contribution in [0.2, 0.25) is 0 Å². The third-order valence-corrected chi connectivity index (χ3v) is 1.33. The zero-order valence-electron chi connectivity index (χ0n) is 6.67. The van der Waals surface area contributed by atoms with Gasteiger partial charge in [-0.15, -0.1) is 0 Å². The van der Waals surface area contributed by atoms with E-state index in [4.69, 9.17) is 0 Å². The lowest BCUT2D eigenvalue weighted by Gasteiger charge is -2.06. The molecule has 0 unspecified atom stereocenters. The summed E-state index contributed by atoms with van der Waals surface area (Å²) in [6.45, 7) is -0.178. The Morgan fingerprint density at radius 1 is 1.38 bits per heavy atom. The van der Waals surface area contributed by atoms with Gasteiger partial charge >= 0.3 is 6.30 Å². The van der Waals surface area contributed by atoms with Gasteiger partial charge in [0.2, 0.25) is 0 Å². The Morgan fingerprint density at radius 3 is 2.69 bits per heavy atom. The molecule has 13 heavy (non-hydrogen) atoms. The van der Waals surface area contributed by atoms with Gasteiger partial charge in [-0.3, -0.25) is 0 Å². The van der Waals surface area contributed by atoms with Crippen LogP contribution in [0.15, 0.2) is 18.3 Å². The molecule has 0 amide bonds. The standard InChI is InChI=1S/C7H8F3N3/c8-7(9,10)11-5-3-6-2-1-4-12-13-6/h1-2,4,11H,3,5H2. The van der Waals surface area contributed by atoms with Gasteiger partial charge in [-0.25, -0.2) is 5.32 Å². The first kappa shape index (κ1) is 9.91. The molecule has 72 valence electrons. The summed E-state index contributed by atoms with van der Waals surface area (Å²) in [5.74, 6) is 0. The molecule has 0 saturated carbocycles. The maximum absolute atomic E-state index is 11.6. The van der Waals surface area contributed by atoms with Crippen molar-refractivity contribution in [3.63, 3.8) is 0 Å². The van der Waals surface area contributed by atoms with Crippen LogP contribution in [0.25, 0.3) is 0 Å². The molecule has 0 atom stereocenters. The van der Waals surface area contributed by atoms with Gasteiger partial charge in [0.25, 0.3) is 0 Å². The minimum absolute atomic E-state index is 0.178. The fraction of sp³-hybridized carbons (Fsp3) is 0.429. The van der Waals surface area contributed by atoms with E-state index >= 15 is 0 Å². The highest BCUT2D eigenvalue weighted by atomic mass is 19.4. The first-order valence-corrected chi connectivity index (χ1v) is 3.66. The molecule has 3 nitrogen and oxygen atoms in total. The average molecular weight is 191 g/mol. The van der Waals surface area contributed by atoms with Crippen molar-refractivity contribution in [2.24, 2.45) is 0 Å². The Kier molecular flexibility index (Phi) is 3.18. The molecule has 0 radical (unpaired) electrons. The van der Waals surface area contributed by atoms with Gasteiger partial charge in [-0.1, -0.05) is 0 Å². The molecular formula is C7H8F3N3. The van der Waals surface area contributed by atoms with E-state index < -0.39 is 6.30 Å². The van der Waals surface area contributed by atoms with E-state index in [-0.39, 0.29) is 13.0 Å². The van der Waals surface area contributed by atoms with Crippen LogP contribution in [0.4, 0.5) is 13.2 Å². The van der Waals surface area contributed by atoms with Gasteiger partial charge in [0.05, 0.1) is 5.69 Å². The highest BCUT2D eigenvalue weighted by Gasteiger charge is 2.25. The maximum atomic E-state index is 11.6. The molecule has 1 N–H and O–H groups in total. The number of rotatable bonds is 3. The Labute approximate surface area is 73.0 Å². The molecule has 1 aromatic rings. The van der Waals surface area contributed by atoms with Gasteiger partial charge in [0.1, 0.15) is 0 Å². The van der Waals surface area contributed by atoms with Crippen molar-refractivity contribution in [1.29, 1.82) is 0 Å². The molecule has 0 aliphatic rings. The second-order valence-electron chi connectivity index (χ2n) is 2.39. The second-order valence-corrected chi connectivity index (χ2v) is 2.39. The van der Waals surface area contributed by atoms with Gasteiger partial charge < -0.3 is 0 Å². The SMILES string of the molecule is FC(F)(F)NCCc1cccnn1. The second kappa shape index (κ2) is 4.18. The van der Waals surface area contributed by atoms with Gasteiger partial charge in [-0.2, -0.15) is 23.4 Å². The quantitative estimate of drug-likeness (QED) is 0.728. The van der Waals surface area contributed by atoms with E-state index in [0.717, 1.165) is 0 Å². The van der Waals surface area contributed by atoms with Crippen molar-refractivity contribution in [2.45, 2.75) is 12.7 Å². The Hall–Kier alpha value is -1.17. The molecule has 0 fully saturated rings. The minimum Gasteiger partial charge on any atom is -0.228 e. The third kappa shape index (κ3) is 4.41. The topological polar surface area (TPSA) is 37.8 Å². The molecule has 0 aliphatic heterocycles. The van der Waals surface area contributed by atoms with Crippen molar-refractivity contribution in [3.8, 4) is 0 Å². The fourth-order valence-corrected chi connectivity index (χ4v) is 0.799. The van der Waals surface area contributed by atoms with Crippen LogP contribution in [0.3, 0.4) is 0 Å². The summed E-state index contributed by atoms with van der Waals surface area (Å²) in [6.07, 6.45) is -2.63. The van der Waals surface area contributed by atoms with Crippen LogP contribution in [0.5, 0.6) is 0 Å². The lowest BCUT2D eigenvalue weighted by atomic mass is 10.3. The molecule has 1 heterocycles. The predicted molar refractivity (Wildman–Crippen MR) is 39.8 cm³/mol. The van der Waals surface area contributed by atoms with E-state index in [0.29, 0.717) is 5.69 Å². The van der Waals surface area contributed by atoms with Crippen LogP contribution in [0, 0.1) is 0 Å². The fourth-order valence-electron chi connectivity index (χ4n) is 0.799. The number of nitrogens with one attached hydrogen (secondary N) is 1. The minimum atomic E-state index is -4.32. The van der Waals surface area contributed by atoms with Crippen molar-refractivity contribution in [2.75, 3.05) is 6.54 Å². The van der Waals surface area contributed by atoms with E-state index in [9.17, 15) is 13.2 Å². The Balaban J connectivity index is 2.29. The van der Waals surface area contributed by atoms with E-state index in [1.54, 1.807) is 12.1 Å². The smallest absolute Gasteiger partial charge is 0.228 e.